The summed E-state index contributed by atoms with van der Waals surface area (Å²) in [6.45, 7) is 5.72. The number of nitrogens with one attached hydrogen (secondary N) is 2. The molecule has 1 unspecified atom stereocenters. The molecule has 18 heavy (non-hydrogen) atoms. The summed E-state index contributed by atoms with van der Waals surface area (Å²) < 4.78 is 1.79. The van der Waals surface area contributed by atoms with E-state index in [0.29, 0.717) is 0 Å². The van der Waals surface area contributed by atoms with Crippen molar-refractivity contribution in [2.75, 3.05) is 13.1 Å². The summed E-state index contributed by atoms with van der Waals surface area (Å²) in [4.78, 5) is 12.2. The predicted octanol–water partition coefficient (Wildman–Crippen LogP) is 0.638. The summed E-state index contributed by atoms with van der Waals surface area (Å²) in [5.41, 5.74) is 1.15. The highest BCUT2D eigenvalue weighted by Crippen LogP contribution is 2.27. The maximum atomic E-state index is 12.2. The van der Waals surface area contributed by atoms with Crippen molar-refractivity contribution in [3.8, 4) is 0 Å². The number of aromatic nitrogens is 2. The van der Waals surface area contributed by atoms with Gasteiger partial charge in [-0.1, -0.05) is 6.92 Å². The number of hydrogen-bond acceptors (Lipinski definition) is 3. The van der Waals surface area contributed by atoms with Crippen LogP contribution in [0.3, 0.4) is 0 Å². The third kappa shape index (κ3) is 2.72. The van der Waals surface area contributed by atoms with Crippen molar-refractivity contribution in [2.24, 2.45) is 13.0 Å². The van der Waals surface area contributed by atoms with Gasteiger partial charge in [-0.25, -0.2) is 0 Å². The van der Waals surface area contributed by atoms with Crippen molar-refractivity contribution in [3.63, 3.8) is 0 Å². The van der Waals surface area contributed by atoms with Crippen LogP contribution in [-0.4, -0.2) is 34.8 Å². The second-order valence-corrected chi connectivity index (χ2v) is 5.14. The molecule has 5 heteroatoms. The van der Waals surface area contributed by atoms with Gasteiger partial charge >= 0.3 is 0 Å². The van der Waals surface area contributed by atoms with Gasteiger partial charge < -0.3 is 10.6 Å². The molecule has 2 heterocycles. The molecule has 100 valence electrons. The first-order valence-corrected chi connectivity index (χ1v) is 6.61. The summed E-state index contributed by atoms with van der Waals surface area (Å²) >= 11 is 0. The minimum atomic E-state index is 0.0169. The molecule has 0 spiro atoms. The molecule has 0 saturated carbocycles. The van der Waals surface area contributed by atoms with E-state index in [0.717, 1.165) is 25.1 Å². The molecule has 0 aliphatic carbocycles. The fraction of sp³-hybridized carbons (Fsp3) is 0.692. The largest absolute Gasteiger partial charge is 0.353 e. The lowest BCUT2D eigenvalue weighted by Gasteiger charge is -2.19. The lowest BCUT2D eigenvalue weighted by atomic mass is 9.90. The second-order valence-electron chi connectivity index (χ2n) is 5.14. The average Bonchev–Trinajstić information content (AvgIpc) is 2.96. The Kier molecular flexibility index (Phi) is 4.01. The molecule has 5 nitrogen and oxygen atoms in total. The van der Waals surface area contributed by atoms with Gasteiger partial charge in [0, 0.05) is 38.3 Å². The first-order valence-electron chi connectivity index (χ1n) is 6.61. The maximum Gasteiger partial charge on any atom is 0.225 e. The summed E-state index contributed by atoms with van der Waals surface area (Å²) in [6.07, 6.45) is 4.83. The molecule has 0 aromatic carbocycles. The Hall–Kier alpha value is -1.36. The Balaban J connectivity index is 2.05. The average molecular weight is 250 g/mol. The van der Waals surface area contributed by atoms with Gasteiger partial charge in [0.25, 0.3) is 0 Å². The fourth-order valence-corrected chi connectivity index (χ4v) is 2.39. The van der Waals surface area contributed by atoms with Crippen LogP contribution in [0.2, 0.25) is 0 Å². The van der Waals surface area contributed by atoms with Crippen LogP contribution < -0.4 is 10.6 Å². The molecule has 1 aromatic rings. The molecule has 1 aromatic heterocycles. The minimum Gasteiger partial charge on any atom is -0.353 e. The second kappa shape index (κ2) is 5.52. The van der Waals surface area contributed by atoms with Gasteiger partial charge in [-0.2, -0.15) is 5.10 Å². The van der Waals surface area contributed by atoms with Crippen LogP contribution in [-0.2, 0) is 11.8 Å². The van der Waals surface area contributed by atoms with E-state index >= 15 is 0 Å². The summed E-state index contributed by atoms with van der Waals surface area (Å²) in [5.74, 6) is 0.411. The molecular weight excluding hydrogens is 228 g/mol. The molecule has 1 saturated heterocycles. The zero-order chi connectivity index (χ0) is 13.1. The standard InChI is InChI=1S/C13H22N4O/c1-4-9(2)16-13(18)12-7-14-6-11(12)10-5-15-17(3)8-10/h5,8-9,11-12,14H,4,6-7H2,1-3H3,(H,16,18)/t9?,11-,12+/m1/s1. The van der Waals surface area contributed by atoms with E-state index in [2.05, 4.69) is 22.7 Å². The third-order valence-corrected chi connectivity index (χ3v) is 3.71. The van der Waals surface area contributed by atoms with E-state index in [-0.39, 0.29) is 23.8 Å². The van der Waals surface area contributed by atoms with Gasteiger partial charge in [0.05, 0.1) is 12.1 Å². The van der Waals surface area contributed by atoms with E-state index in [1.165, 1.54) is 0 Å². The Morgan fingerprint density at radius 2 is 2.44 bits per heavy atom. The van der Waals surface area contributed by atoms with Crippen LogP contribution in [0, 0.1) is 5.92 Å². The molecule has 3 atom stereocenters. The van der Waals surface area contributed by atoms with Crippen LogP contribution in [0.1, 0.15) is 31.7 Å². The lowest BCUT2D eigenvalue weighted by molar-refractivity contribution is -0.125. The molecule has 1 aliphatic heterocycles. The van der Waals surface area contributed by atoms with Gasteiger partial charge in [-0.3, -0.25) is 9.48 Å². The highest BCUT2D eigenvalue weighted by Gasteiger charge is 2.34. The predicted molar refractivity (Wildman–Crippen MR) is 70.2 cm³/mol. The molecule has 1 fully saturated rings. The van der Waals surface area contributed by atoms with Gasteiger partial charge in [0.15, 0.2) is 0 Å². The highest BCUT2D eigenvalue weighted by atomic mass is 16.2. The number of amides is 1. The van der Waals surface area contributed by atoms with Gasteiger partial charge in [0.2, 0.25) is 5.91 Å². The van der Waals surface area contributed by atoms with Crippen molar-refractivity contribution < 1.29 is 4.79 Å². The quantitative estimate of drug-likeness (QED) is 0.824. The van der Waals surface area contributed by atoms with Crippen LogP contribution in [0.5, 0.6) is 0 Å². The molecule has 1 amide bonds. The topological polar surface area (TPSA) is 59.0 Å². The van der Waals surface area contributed by atoms with E-state index in [1.807, 2.05) is 26.4 Å². The van der Waals surface area contributed by atoms with Crippen LogP contribution >= 0.6 is 0 Å². The summed E-state index contributed by atoms with van der Waals surface area (Å²) in [5, 5.41) is 10.6. The van der Waals surface area contributed by atoms with Gasteiger partial charge in [0.1, 0.15) is 0 Å². The van der Waals surface area contributed by atoms with E-state index in [9.17, 15) is 4.79 Å². The normalized spacial score (nSPS) is 25.1. The number of rotatable bonds is 4. The summed E-state index contributed by atoms with van der Waals surface area (Å²) in [6, 6.07) is 0.243. The SMILES string of the molecule is CCC(C)NC(=O)[C@H]1CNC[C@@H]1c1cnn(C)c1. The van der Waals surface area contributed by atoms with Crippen LogP contribution in [0.25, 0.3) is 0 Å². The van der Waals surface area contributed by atoms with Crippen molar-refractivity contribution in [3.05, 3.63) is 18.0 Å². The molecule has 1 aliphatic rings. The Labute approximate surface area is 108 Å². The zero-order valence-corrected chi connectivity index (χ0v) is 11.3. The molecule has 0 bridgehead atoms. The smallest absolute Gasteiger partial charge is 0.225 e. The number of carbonyl (C=O) groups is 1. The molecule has 2 N–H and O–H groups in total. The van der Waals surface area contributed by atoms with E-state index in [1.54, 1.807) is 4.68 Å². The van der Waals surface area contributed by atoms with Crippen molar-refractivity contribution >= 4 is 5.91 Å². The number of nitrogens with zero attached hydrogens (tertiary/aromatic N) is 2. The Morgan fingerprint density at radius 1 is 1.67 bits per heavy atom. The lowest BCUT2D eigenvalue weighted by Crippen LogP contribution is -2.39. The zero-order valence-electron chi connectivity index (χ0n) is 11.3. The first kappa shape index (κ1) is 13.1. The van der Waals surface area contributed by atoms with Gasteiger partial charge in [-0.15, -0.1) is 0 Å². The molecular formula is C13H22N4O. The third-order valence-electron chi connectivity index (χ3n) is 3.71. The van der Waals surface area contributed by atoms with Crippen LogP contribution in [0.15, 0.2) is 12.4 Å². The number of hydrogen-bond donors (Lipinski definition) is 2. The van der Waals surface area contributed by atoms with Crippen LogP contribution in [0.4, 0.5) is 0 Å². The van der Waals surface area contributed by atoms with Crippen molar-refractivity contribution in [1.82, 2.24) is 20.4 Å². The van der Waals surface area contributed by atoms with E-state index < -0.39 is 0 Å². The van der Waals surface area contributed by atoms with Gasteiger partial charge in [-0.05, 0) is 18.9 Å². The van der Waals surface area contributed by atoms with Crippen molar-refractivity contribution in [2.45, 2.75) is 32.2 Å². The van der Waals surface area contributed by atoms with Crippen molar-refractivity contribution in [1.29, 1.82) is 0 Å². The first-order chi connectivity index (χ1) is 8.61. The minimum absolute atomic E-state index is 0.0169. The Bertz CT molecular complexity index is 415. The number of aryl methyl sites for hydroxylation is 1. The molecule has 0 radical (unpaired) electrons. The maximum absolute atomic E-state index is 12.2. The van der Waals surface area contributed by atoms with E-state index in [4.69, 9.17) is 0 Å². The monoisotopic (exact) mass is 250 g/mol. The summed E-state index contributed by atoms with van der Waals surface area (Å²) in [7, 11) is 1.90. The molecule has 2 rings (SSSR count). The Morgan fingerprint density at radius 3 is 3.06 bits per heavy atom. The highest BCUT2D eigenvalue weighted by molar-refractivity contribution is 5.80. The number of carbonyl (C=O) groups excluding carboxylic acids is 1. The fourth-order valence-electron chi connectivity index (χ4n) is 2.39.